The van der Waals surface area contributed by atoms with E-state index in [-0.39, 0.29) is 39.9 Å². The number of ether oxygens (including phenoxy) is 1. The Kier molecular flexibility index (Phi) is 7.32. The Hall–Kier alpha value is -2.46. The molecule has 1 aliphatic heterocycles. The first-order valence-electron chi connectivity index (χ1n) is 9.26. The Morgan fingerprint density at radius 2 is 1.61 bits per heavy atom. The lowest BCUT2D eigenvalue weighted by atomic mass is 10.1. The van der Waals surface area contributed by atoms with E-state index < -0.39 is 22.5 Å². The normalized spacial score (nSPS) is 13.4. The summed E-state index contributed by atoms with van der Waals surface area (Å²) in [5.74, 6) is -1.44. The van der Waals surface area contributed by atoms with Crippen molar-refractivity contribution in [2.24, 2.45) is 0 Å². The minimum absolute atomic E-state index is 0.0243. The molecule has 0 atom stereocenters. The van der Waals surface area contributed by atoms with Gasteiger partial charge in [0.25, 0.3) is 11.8 Å². The number of nitrogens with one attached hydrogen (secondary N) is 1. The highest BCUT2D eigenvalue weighted by Crippen LogP contribution is 2.25. The molecule has 0 aliphatic carbocycles. The Morgan fingerprint density at radius 3 is 2.23 bits per heavy atom. The number of rotatable bonds is 9. The number of fused-ring (bicyclic) bond motifs is 1. The van der Waals surface area contributed by atoms with Gasteiger partial charge >= 0.3 is 5.97 Å². The molecule has 2 aromatic rings. The highest BCUT2D eigenvalue weighted by molar-refractivity contribution is 7.89. The fourth-order valence-corrected chi connectivity index (χ4v) is 4.29. The second kappa shape index (κ2) is 9.78. The van der Waals surface area contributed by atoms with Gasteiger partial charge in [-0.05, 0) is 43.2 Å². The largest absolute Gasteiger partial charge is 0.465 e. The van der Waals surface area contributed by atoms with E-state index in [1.165, 1.54) is 18.2 Å². The van der Waals surface area contributed by atoms with Crippen LogP contribution in [0.1, 0.15) is 33.6 Å². The zero-order valence-corrected chi connectivity index (χ0v) is 18.5. The Bertz CT molecular complexity index is 1100. The molecule has 0 bridgehead atoms. The molecule has 0 aromatic heterocycles. The summed E-state index contributed by atoms with van der Waals surface area (Å²) in [5.41, 5.74) is 0.765. The van der Waals surface area contributed by atoms with Crippen molar-refractivity contribution in [3.05, 3.63) is 63.6 Å². The SMILES string of the molecule is O=C(CNS(=O)(=O)c1ccc(Cl)c(Cl)c1)OCCCCN1C(=O)c2ccccc2C1=O. The number of carbonyl (C=O) groups excluding carboxylic acids is 3. The summed E-state index contributed by atoms with van der Waals surface area (Å²) < 4.78 is 31.5. The summed E-state index contributed by atoms with van der Waals surface area (Å²) in [6, 6.07) is 10.4. The van der Waals surface area contributed by atoms with E-state index >= 15 is 0 Å². The molecule has 0 radical (unpaired) electrons. The number of hydrogen-bond donors (Lipinski definition) is 1. The van der Waals surface area contributed by atoms with Gasteiger partial charge in [-0.25, -0.2) is 8.42 Å². The standard InChI is InChI=1S/C20H18Cl2N2O6S/c21-16-8-7-13(11-17(16)22)31(28,29)23-12-18(25)30-10-4-3-9-24-19(26)14-5-1-2-6-15(14)20(24)27/h1-2,5-8,11,23H,3-4,9-10,12H2. The number of unbranched alkanes of at least 4 members (excludes halogenated alkanes) is 1. The minimum Gasteiger partial charge on any atom is -0.465 e. The van der Waals surface area contributed by atoms with Crippen LogP contribution in [-0.2, 0) is 19.6 Å². The van der Waals surface area contributed by atoms with E-state index in [1.807, 2.05) is 0 Å². The van der Waals surface area contributed by atoms with Crippen LogP contribution in [-0.4, -0.2) is 50.8 Å². The lowest BCUT2D eigenvalue weighted by Crippen LogP contribution is -2.31. The van der Waals surface area contributed by atoms with Gasteiger partial charge in [0, 0.05) is 6.54 Å². The van der Waals surface area contributed by atoms with Crippen molar-refractivity contribution < 1.29 is 27.5 Å². The highest BCUT2D eigenvalue weighted by Gasteiger charge is 2.34. The van der Waals surface area contributed by atoms with E-state index in [2.05, 4.69) is 4.72 Å². The Labute approximate surface area is 189 Å². The molecule has 2 amide bonds. The summed E-state index contributed by atoms with van der Waals surface area (Å²) in [7, 11) is -3.95. The van der Waals surface area contributed by atoms with E-state index in [9.17, 15) is 22.8 Å². The second-order valence-corrected chi connectivity index (χ2v) is 9.22. The van der Waals surface area contributed by atoms with Crippen LogP contribution < -0.4 is 4.72 Å². The first kappa shape index (κ1) is 23.2. The summed E-state index contributed by atoms with van der Waals surface area (Å²) in [6.45, 7) is -0.328. The molecule has 1 aliphatic rings. The maximum atomic E-state index is 12.3. The molecule has 11 heteroatoms. The fourth-order valence-electron chi connectivity index (χ4n) is 2.93. The molecule has 0 saturated heterocycles. The highest BCUT2D eigenvalue weighted by atomic mass is 35.5. The molecule has 1 heterocycles. The van der Waals surface area contributed by atoms with Crippen LogP contribution in [0.2, 0.25) is 10.0 Å². The van der Waals surface area contributed by atoms with Crippen molar-refractivity contribution >= 4 is 51.0 Å². The molecule has 8 nitrogen and oxygen atoms in total. The molecule has 1 N–H and O–H groups in total. The summed E-state index contributed by atoms with van der Waals surface area (Å²) in [4.78, 5) is 37.3. The number of sulfonamides is 1. The van der Waals surface area contributed by atoms with Crippen molar-refractivity contribution in [2.45, 2.75) is 17.7 Å². The summed E-state index contributed by atoms with van der Waals surface area (Å²) in [6.07, 6.45) is 0.840. The average molecular weight is 485 g/mol. The first-order valence-corrected chi connectivity index (χ1v) is 11.5. The van der Waals surface area contributed by atoms with Crippen molar-refractivity contribution in [2.75, 3.05) is 19.7 Å². The van der Waals surface area contributed by atoms with Crippen molar-refractivity contribution in [3.8, 4) is 0 Å². The van der Waals surface area contributed by atoms with Gasteiger partial charge in [-0.2, -0.15) is 4.72 Å². The smallest absolute Gasteiger partial charge is 0.321 e. The molecule has 164 valence electrons. The van der Waals surface area contributed by atoms with Crippen LogP contribution in [0.5, 0.6) is 0 Å². The monoisotopic (exact) mass is 484 g/mol. The van der Waals surface area contributed by atoms with Crippen LogP contribution in [0.4, 0.5) is 0 Å². The number of hydrogen-bond acceptors (Lipinski definition) is 6. The number of benzene rings is 2. The van der Waals surface area contributed by atoms with Gasteiger partial charge < -0.3 is 4.74 Å². The van der Waals surface area contributed by atoms with E-state index in [4.69, 9.17) is 27.9 Å². The van der Waals surface area contributed by atoms with Gasteiger partial charge in [-0.3, -0.25) is 19.3 Å². The van der Waals surface area contributed by atoms with Crippen LogP contribution in [0, 0.1) is 0 Å². The van der Waals surface area contributed by atoms with Gasteiger partial charge in [0.2, 0.25) is 10.0 Å². The van der Waals surface area contributed by atoms with E-state index in [0.29, 0.717) is 24.0 Å². The third-order valence-electron chi connectivity index (χ3n) is 4.53. The average Bonchev–Trinajstić information content (AvgIpc) is 2.99. The van der Waals surface area contributed by atoms with Gasteiger partial charge in [-0.15, -0.1) is 0 Å². The maximum Gasteiger partial charge on any atom is 0.321 e. The topological polar surface area (TPSA) is 110 Å². The lowest BCUT2D eigenvalue weighted by Gasteiger charge is -2.13. The number of nitrogens with zero attached hydrogens (tertiary/aromatic N) is 1. The first-order chi connectivity index (χ1) is 14.7. The molecule has 31 heavy (non-hydrogen) atoms. The van der Waals surface area contributed by atoms with Gasteiger partial charge in [0.05, 0.1) is 32.7 Å². The van der Waals surface area contributed by atoms with Gasteiger partial charge in [0.1, 0.15) is 6.54 Å². The third-order valence-corrected chi connectivity index (χ3v) is 6.66. The second-order valence-electron chi connectivity index (χ2n) is 6.64. The Balaban J connectivity index is 1.39. The molecule has 2 aromatic carbocycles. The molecule has 0 saturated carbocycles. The van der Waals surface area contributed by atoms with Crippen molar-refractivity contribution in [1.29, 1.82) is 0 Å². The zero-order chi connectivity index (χ0) is 22.6. The molecular formula is C20H18Cl2N2O6S. The molecule has 3 rings (SSSR count). The predicted octanol–water partition coefficient (Wildman–Crippen LogP) is 2.89. The quantitative estimate of drug-likeness (QED) is 0.332. The summed E-state index contributed by atoms with van der Waals surface area (Å²) >= 11 is 11.6. The van der Waals surface area contributed by atoms with Crippen molar-refractivity contribution in [3.63, 3.8) is 0 Å². The molecule has 0 fully saturated rings. The minimum atomic E-state index is -3.95. The maximum absolute atomic E-state index is 12.3. The van der Waals surface area contributed by atoms with Crippen LogP contribution in [0.3, 0.4) is 0 Å². The number of halogens is 2. The fraction of sp³-hybridized carbons (Fsp3) is 0.250. The van der Waals surface area contributed by atoms with Crippen LogP contribution >= 0.6 is 23.2 Å². The molecule has 0 spiro atoms. The molecule has 0 unspecified atom stereocenters. The van der Waals surface area contributed by atoms with Gasteiger partial charge in [0.15, 0.2) is 0 Å². The van der Waals surface area contributed by atoms with Crippen LogP contribution in [0.25, 0.3) is 0 Å². The van der Waals surface area contributed by atoms with Crippen molar-refractivity contribution in [1.82, 2.24) is 9.62 Å². The van der Waals surface area contributed by atoms with Crippen LogP contribution in [0.15, 0.2) is 47.4 Å². The predicted molar refractivity (Wildman–Crippen MR) is 114 cm³/mol. The number of amides is 2. The summed E-state index contributed by atoms with van der Waals surface area (Å²) in [5, 5.41) is 0.284. The number of carbonyl (C=O) groups is 3. The molecular weight excluding hydrogens is 467 g/mol. The zero-order valence-electron chi connectivity index (χ0n) is 16.1. The van der Waals surface area contributed by atoms with Gasteiger partial charge in [-0.1, -0.05) is 35.3 Å². The van der Waals surface area contributed by atoms with E-state index in [0.717, 1.165) is 4.90 Å². The number of esters is 1. The third kappa shape index (κ3) is 5.43. The Morgan fingerprint density at radius 1 is 0.968 bits per heavy atom. The number of imide groups is 1. The lowest BCUT2D eigenvalue weighted by molar-refractivity contribution is -0.142. The van der Waals surface area contributed by atoms with E-state index in [1.54, 1.807) is 24.3 Å².